The molecule has 0 bridgehead atoms. The van der Waals surface area contributed by atoms with Crippen LogP contribution in [-0.4, -0.2) is 50.3 Å². The fourth-order valence-corrected chi connectivity index (χ4v) is 3.65. The number of anilines is 1. The first-order valence-electron chi connectivity index (χ1n) is 10.3. The number of methoxy groups -OCH3 is 1. The van der Waals surface area contributed by atoms with Gasteiger partial charge >= 0.3 is 6.09 Å². The van der Waals surface area contributed by atoms with E-state index in [9.17, 15) is 9.59 Å². The molecular formula is C23H29N3O4. The molecule has 0 aliphatic carbocycles. The summed E-state index contributed by atoms with van der Waals surface area (Å²) < 4.78 is 10.1. The van der Waals surface area contributed by atoms with Crippen molar-refractivity contribution in [3.8, 4) is 5.75 Å². The molecule has 2 amide bonds. The Balaban J connectivity index is 1.67. The number of carbonyl (C=O) groups excluding carboxylic acids is 2. The third-order valence-electron chi connectivity index (χ3n) is 5.18. The quantitative estimate of drug-likeness (QED) is 0.690. The summed E-state index contributed by atoms with van der Waals surface area (Å²) in [6.45, 7) is 4.57. The van der Waals surface area contributed by atoms with Crippen LogP contribution in [0.3, 0.4) is 0 Å². The maximum absolute atomic E-state index is 12.8. The molecule has 1 aliphatic rings. The normalized spacial score (nSPS) is 14.7. The van der Waals surface area contributed by atoms with E-state index in [0.29, 0.717) is 17.8 Å². The zero-order chi connectivity index (χ0) is 21.3. The van der Waals surface area contributed by atoms with Crippen LogP contribution in [-0.2, 0) is 4.74 Å². The largest absolute Gasteiger partial charge is 0.497 e. The van der Waals surface area contributed by atoms with Crippen LogP contribution in [0.1, 0.15) is 41.7 Å². The van der Waals surface area contributed by atoms with Gasteiger partial charge in [0.2, 0.25) is 0 Å². The molecule has 1 fully saturated rings. The van der Waals surface area contributed by atoms with E-state index in [4.69, 9.17) is 9.47 Å². The third-order valence-corrected chi connectivity index (χ3v) is 5.18. The first-order valence-corrected chi connectivity index (χ1v) is 10.3. The van der Waals surface area contributed by atoms with E-state index in [1.165, 1.54) is 12.8 Å². The first kappa shape index (κ1) is 21.6. The smallest absolute Gasteiger partial charge is 0.411 e. The van der Waals surface area contributed by atoms with Crippen LogP contribution in [0.5, 0.6) is 5.75 Å². The highest BCUT2D eigenvalue weighted by Crippen LogP contribution is 2.26. The van der Waals surface area contributed by atoms with Gasteiger partial charge in [0.25, 0.3) is 5.91 Å². The van der Waals surface area contributed by atoms with E-state index in [-0.39, 0.29) is 18.6 Å². The molecule has 0 saturated carbocycles. The van der Waals surface area contributed by atoms with E-state index >= 15 is 0 Å². The van der Waals surface area contributed by atoms with Crippen molar-refractivity contribution >= 4 is 17.7 Å². The number of ether oxygens (including phenoxy) is 2. The summed E-state index contributed by atoms with van der Waals surface area (Å²) in [5.74, 6) is 0.633. The van der Waals surface area contributed by atoms with Crippen molar-refractivity contribution in [2.75, 3.05) is 38.7 Å². The lowest BCUT2D eigenvalue weighted by atomic mass is 10.0. The van der Waals surface area contributed by atoms with Gasteiger partial charge in [-0.25, -0.2) is 4.79 Å². The summed E-state index contributed by atoms with van der Waals surface area (Å²) >= 11 is 0. The van der Waals surface area contributed by atoms with Crippen LogP contribution < -0.4 is 15.4 Å². The van der Waals surface area contributed by atoms with Gasteiger partial charge in [-0.15, -0.1) is 0 Å². The van der Waals surface area contributed by atoms with Crippen molar-refractivity contribution in [3.63, 3.8) is 0 Å². The van der Waals surface area contributed by atoms with Crippen molar-refractivity contribution in [3.05, 3.63) is 59.7 Å². The monoisotopic (exact) mass is 411 g/mol. The second kappa shape index (κ2) is 10.6. The van der Waals surface area contributed by atoms with E-state index in [2.05, 4.69) is 27.7 Å². The standard InChI is InChI=1S/C23H29N3O4/c1-3-30-23(28)25-19-8-6-7-18(15-19)22(27)24-16-21(26-13-4-5-14-26)17-9-11-20(29-2)12-10-17/h6-12,15,21H,3-5,13-14,16H2,1-2H3,(H,24,27)(H,25,28)/t21-/m1/s1. The van der Waals surface area contributed by atoms with Crippen molar-refractivity contribution in [2.45, 2.75) is 25.8 Å². The van der Waals surface area contributed by atoms with Gasteiger partial charge in [0.05, 0.1) is 19.8 Å². The minimum absolute atomic E-state index is 0.100. The van der Waals surface area contributed by atoms with Crippen LogP contribution in [0.4, 0.5) is 10.5 Å². The average molecular weight is 412 g/mol. The van der Waals surface area contributed by atoms with Crippen LogP contribution in [0.15, 0.2) is 48.5 Å². The molecule has 2 N–H and O–H groups in total. The molecule has 0 spiro atoms. The molecule has 160 valence electrons. The van der Waals surface area contributed by atoms with Gasteiger partial charge in [-0.3, -0.25) is 15.0 Å². The molecule has 7 heteroatoms. The topological polar surface area (TPSA) is 79.9 Å². The van der Waals surface area contributed by atoms with Gasteiger partial charge < -0.3 is 14.8 Å². The Morgan fingerprint density at radius 1 is 1.10 bits per heavy atom. The zero-order valence-corrected chi connectivity index (χ0v) is 17.5. The second-order valence-corrected chi connectivity index (χ2v) is 7.17. The van der Waals surface area contributed by atoms with Crippen LogP contribution in [0, 0.1) is 0 Å². The lowest BCUT2D eigenvalue weighted by Gasteiger charge is -2.28. The average Bonchev–Trinajstić information content (AvgIpc) is 3.29. The Labute approximate surface area is 177 Å². The van der Waals surface area contributed by atoms with E-state index in [1.54, 1.807) is 38.3 Å². The van der Waals surface area contributed by atoms with Crippen LogP contribution in [0.25, 0.3) is 0 Å². The molecule has 1 saturated heterocycles. The maximum Gasteiger partial charge on any atom is 0.411 e. The predicted molar refractivity (Wildman–Crippen MR) is 116 cm³/mol. The Bertz CT molecular complexity index is 848. The van der Waals surface area contributed by atoms with Crippen molar-refractivity contribution in [2.24, 2.45) is 0 Å². The number of rotatable bonds is 8. The molecule has 2 aromatic carbocycles. The number of nitrogens with zero attached hydrogens (tertiary/aromatic N) is 1. The molecule has 1 heterocycles. The van der Waals surface area contributed by atoms with Crippen molar-refractivity contribution in [1.29, 1.82) is 0 Å². The SMILES string of the molecule is CCOC(=O)Nc1cccc(C(=O)NC[C@H](c2ccc(OC)cc2)N2CCCC2)c1. The highest BCUT2D eigenvalue weighted by atomic mass is 16.5. The molecular weight excluding hydrogens is 382 g/mol. The first-order chi connectivity index (χ1) is 14.6. The molecule has 0 aromatic heterocycles. The molecule has 0 radical (unpaired) electrons. The number of carbonyl (C=O) groups is 2. The maximum atomic E-state index is 12.8. The van der Waals surface area contributed by atoms with E-state index in [1.807, 2.05) is 12.1 Å². The van der Waals surface area contributed by atoms with Crippen molar-refractivity contribution in [1.82, 2.24) is 10.2 Å². The third kappa shape index (κ3) is 5.73. The Morgan fingerprint density at radius 3 is 2.50 bits per heavy atom. The summed E-state index contributed by atoms with van der Waals surface area (Å²) in [7, 11) is 1.65. The minimum Gasteiger partial charge on any atom is -0.497 e. The number of benzene rings is 2. The zero-order valence-electron chi connectivity index (χ0n) is 17.5. The molecule has 30 heavy (non-hydrogen) atoms. The van der Waals surface area contributed by atoms with Gasteiger partial charge in [0.15, 0.2) is 0 Å². The molecule has 2 aromatic rings. The van der Waals surface area contributed by atoms with E-state index < -0.39 is 6.09 Å². The van der Waals surface area contributed by atoms with Gasteiger partial charge in [-0.05, 0) is 68.8 Å². The Morgan fingerprint density at radius 2 is 1.83 bits per heavy atom. The van der Waals surface area contributed by atoms with Crippen LogP contribution >= 0.6 is 0 Å². The number of hydrogen-bond acceptors (Lipinski definition) is 5. The predicted octanol–water partition coefficient (Wildman–Crippen LogP) is 3.83. The summed E-state index contributed by atoms with van der Waals surface area (Å²) in [6.07, 6.45) is 1.80. The summed E-state index contributed by atoms with van der Waals surface area (Å²) in [6, 6.07) is 14.9. The summed E-state index contributed by atoms with van der Waals surface area (Å²) in [5.41, 5.74) is 2.15. The molecule has 1 atom stereocenters. The molecule has 7 nitrogen and oxygen atoms in total. The lowest BCUT2D eigenvalue weighted by molar-refractivity contribution is 0.0937. The number of nitrogens with one attached hydrogen (secondary N) is 2. The molecule has 0 unspecified atom stereocenters. The number of hydrogen-bond donors (Lipinski definition) is 2. The highest BCUT2D eigenvalue weighted by molar-refractivity contribution is 5.96. The second-order valence-electron chi connectivity index (χ2n) is 7.17. The minimum atomic E-state index is -0.538. The Kier molecular flexibility index (Phi) is 7.68. The Hall–Kier alpha value is -3.06. The van der Waals surface area contributed by atoms with Gasteiger partial charge in [-0.1, -0.05) is 18.2 Å². The fourth-order valence-electron chi connectivity index (χ4n) is 3.65. The molecule has 3 rings (SSSR count). The lowest BCUT2D eigenvalue weighted by Crippen LogP contribution is -2.36. The number of likely N-dealkylation sites (tertiary alicyclic amines) is 1. The summed E-state index contributed by atoms with van der Waals surface area (Å²) in [5, 5.41) is 5.68. The van der Waals surface area contributed by atoms with Gasteiger partial charge in [0, 0.05) is 17.8 Å². The van der Waals surface area contributed by atoms with E-state index in [0.717, 1.165) is 24.4 Å². The fraction of sp³-hybridized carbons (Fsp3) is 0.391. The van der Waals surface area contributed by atoms with Gasteiger partial charge in [-0.2, -0.15) is 0 Å². The van der Waals surface area contributed by atoms with Crippen LogP contribution in [0.2, 0.25) is 0 Å². The number of amides is 2. The highest BCUT2D eigenvalue weighted by Gasteiger charge is 2.24. The summed E-state index contributed by atoms with van der Waals surface area (Å²) in [4.78, 5) is 26.8. The van der Waals surface area contributed by atoms with Crippen molar-refractivity contribution < 1.29 is 19.1 Å². The van der Waals surface area contributed by atoms with Gasteiger partial charge in [0.1, 0.15) is 5.75 Å². The molecule has 1 aliphatic heterocycles.